The lowest BCUT2D eigenvalue weighted by Crippen LogP contribution is -1.92. The van der Waals surface area contributed by atoms with Crippen molar-refractivity contribution in [3.8, 4) is 23.3 Å². The number of hydrogen-bond donors (Lipinski definition) is 0. The zero-order valence-electron chi connectivity index (χ0n) is 9.14. The molecule has 0 aliphatic heterocycles. The molecule has 0 N–H and O–H groups in total. The van der Waals surface area contributed by atoms with E-state index in [1.165, 1.54) is 0 Å². The van der Waals surface area contributed by atoms with Crippen LogP contribution in [0.25, 0.3) is 0 Å². The Balaban J connectivity index is 3.12. The van der Waals surface area contributed by atoms with Crippen LogP contribution >= 0.6 is 27.5 Å². The molecule has 0 saturated heterocycles. The van der Waals surface area contributed by atoms with Gasteiger partial charge in [-0.25, -0.2) is 0 Å². The number of hydrogen-bond acceptors (Lipinski definition) is 2. The van der Waals surface area contributed by atoms with E-state index in [1.807, 2.05) is 12.1 Å². The van der Waals surface area contributed by atoms with E-state index in [4.69, 9.17) is 21.1 Å². The molecule has 1 rings (SSSR count). The maximum Gasteiger partial charge on any atom is 0.152 e. The standard InChI is InChI=1S/C12H12BrClO2/c1-15-10-7-6-9(5-3-4-8-14)12(16-2)11(10)13/h6-7H,4,8H2,1-2H3. The number of alkyl halides is 1. The van der Waals surface area contributed by atoms with Gasteiger partial charge in [-0.15, -0.1) is 11.6 Å². The van der Waals surface area contributed by atoms with Crippen molar-refractivity contribution in [3.63, 3.8) is 0 Å². The lowest BCUT2D eigenvalue weighted by molar-refractivity contribution is 0.389. The van der Waals surface area contributed by atoms with Gasteiger partial charge in [-0.3, -0.25) is 0 Å². The number of methoxy groups -OCH3 is 2. The maximum atomic E-state index is 5.56. The molecule has 0 aliphatic rings. The Morgan fingerprint density at radius 2 is 2.06 bits per heavy atom. The summed E-state index contributed by atoms with van der Waals surface area (Å²) in [6, 6.07) is 3.71. The number of ether oxygens (including phenoxy) is 2. The van der Waals surface area contributed by atoms with Gasteiger partial charge in [-0.2, -0.15) is 0 Å². The quantitative estimate of drug-likeness (QED) is 0.629. The van der Waals surface area contributed by atoms with Gasteiger partial charge in [-0.05, 0) is 28.1 Å². The van der Waals surface area contributed by atoms with Crippen molar-refractivity contribution < 1.29 is 9.47 Å². The van der Waals surface area contributed by atoms with Crippen LogP contribution in [0.15, 0.2) is 16.6 Å². The summed E-state index contributed by atoms with van der Waals surface area (Å²) < 4.78 is 11.2. The summed E-state index contributed by atoms with van der Waals surface area (Å²) in [5.41, 5.74) is 0.820. The van der Waals surface area contributed by atoms with Gasteiger partial charge in [0.1, 0.15) is 10.2 Å². The highest BCUT2D eigenvalue weighted by Crippen LogP contribution is 2.36. The molecule has 0 aliphatic carbocycles. The second kappa shape index (κ2) is 6.67. The number of benzene rings is 1. The molecule has 0 heterocycles. The molecular formula is C12H12BrClO2. The first kappa shape index (κ1) is 13.2. The minimum atomic E-state index is 0.534. The third-order valence-electron chi connectivity index (χ3n) is 1.93. The minimum absolute atomic E-state index is 0.534. The van der Waals surface area contributed by atoms with Crippen molar-refractivity contribution in [2.45, 2.75) is 6.42 Å². The van der Waals surface area contributed by atoms with E-state index >= 15 is 0 Å². The van der Waals surface area contributed by atoms with Gasteiger partial charge in [0.2, 0.25) is 0 Å². The molecule has 1 aromatic carbocycles. The topological polar surface area (TPSA) is 18.5 Å². The second-order valence-electron chi connectivity index (χ2n) is 2.90. The van der Waals surface area contributed by atoms with Crippen LogP contribution in [0, 0.1) is 11.8 Å². The molecule has 0 amide bonds. The lowest BCUT2D eigenvalue weighted by Gasteiger charge is -2.09. The summed E-state index contributed by atoms with van der Waals surface area (Å²) in [7, 11) is 3.21. The number of rotatable bonds is 3. The Morgan fingerprint density at radius 1 is 1.31 bits per heavy atom. The van der Waals surface area contributed by atoms with E-state index in [-0.39, 0.29) is 0 Å². The van der Waals surface area contributed by atoms with Gasteiger partial charge in [0.05, 0.1) is 19.8 Å². The predicted molar refractivity (Wildman–Crippen MR) is 69.5 cm³/mol. The first-order chi connectivity index (χ1) is 7.74. The van der Waals surface area contributed by atoms with Crippen LogP contribution in [0.2, 0.25) is 0 Å². The molecule has 0 spiro atoms. The van der Waals surface area contributed by atoms with Crippen molar-refractivity contribution in [3.05, 3.63) is 22.2 Å². The Bertz CT molecular complexity index is 421. The maximum absolute atomic E-state index is 5.56. The SMILES string of the molecule is COc1ccc(C#CCCCl)c(OC)c1Br. The Morgan fingerprint density at radius 3 is 2.62 bits per heavy atom. The van der Waals surface area contributed by atoms with Crippen molar-refractivity contribution in [1.82, 2.24) is 0 Å². The molecule has 86 valence electrons. The molecule has 4 heteroatoms. The lowest BCUT2D eigenvalue weighted by atomic mass is 10.2. The fourth-order valence-electron chi connectivity index (χ4n) is 1.20. The van der Waals surface area contributed by atoms with Gasteiger partial charge in [0, 0.05) is 12.3 Å². The fraction of sp³-hybridized carbons (Fsp3) is 0.333. The number of halogens is 2. The van der Waals surface area contributed by atoms with Crippen LogP contribution in [0.1, 0.15) is 12.0 Å². The van der Waals surface area contributed by atoms with Crippen molar-refractivity contribution >= 4 is 27.5 Å². The molecule has 0 saturated carbocycles. The normalized spacial score (nSPS) is 9.25. The molecule has 0 radical (unpaired) electrons. The van der Waals surface area contributed by atoms with Crippen molar-refractivity contribution in [2.24, 2.45) is 0 Å². The highest BCUT2D eigenvalue weighted by molar-refractivity contribution is 9.10. The average Bonchev–Trinajstić information content (AvgIpc) is 2.30. The molecule has 0 fully saturated rings. The zero-order chi connectivity index (χ0) is 12.0. The largest absolute Gasteiger partial charge is 0.495 e. The Labute approximate surface area is 109 Å². The molecule has 0 aromatic heterocycles. The average molecular weight is 304 g/mol. The first-order valence-corrected chi connectivity index (χ1v) is 6.02. The molecule has 1 aromatic rings. The summed E-state index contributed by atoms with van der Waals surface area (Å²) in [5.74, 6) is 7.92. The van der Waals surface area contributed by atoms with E-state index in [0.717, 1.165) is 15.8 Å². The minimum Gasteiger partial charge on any atom is -0.495 e. The summed E-state index contributed by atoms with van der Waals surface area (Å²) in [5, 5.41) is 0. The highest BCUT2D eigenvalue weighted by atomic mass is 79.9. The van der Waals surface area contributed by atoms with Crippen LogP contribution in [0.4, 0.5) is 0 Å². The molecular weight excluding hydrogens is 291 g/mol. The van der Waals surface area contributed by atoms with Crippen molar-refractivity contribution in [2.75, 3.05) is 20.1 Å². The third kappa shape index (κ3) is 3.07. The molecule has 2 nitrogen and oxygen atoms in total. The van der Waals surface area contributed by atoms with E-state index in [0.29, 0.717) is 18.1 Å². The molecule has 0 bridgehead atoms. The van der Waals surface area contributed by atoms with Crippen LogP contribution < -0.4 is 9.47 Å². The van der Waals surface area contributed by atoms with Gasteiger partial charge < -0.3 is 9.47 Å². The summed E-state index contributed by atoms with van der Waals surface area (Å²) in [4.78, 5) is 0. The van der Waals surface area contributed by atoms with Crippen LogP contribution in [0.5, 0.6) is 11.5 Å². The monoisotopic (exact) mass is 302 g/mol. The van der Waals surface area contributed by atoms with Crippen molar-refractivity contribution in [1.29, 1.82) is 0 Å². The molecule has 0 unspecified atom stereocenters. The van der Waals surface area contributed by atoms with Crippen LogP contribution in [-0.4, -0.2) is 20.1 Å². The second-order valence-corrected chi connectivity index (χ2v) is 4.07. The van der Waals surface area contributed by atoms with E-state index in [9.17, 15) is 0 Å². The molecule has 16 heavy (non-hydrogen) atoms. The molecule has 0 atom stereocenters. The fourth-order valence-corrected chi connectivity index (χ4v) is 1.96. The Kier molecular flexibility index (Phi) is 5.51. The summed E-state index contributed by atoms with van der Waals surface area (Å²) in [6.45, 7) is 0. The van der Waals surface area contributed by atoms with E-state index < -0.39 is 0 Å². The zero-order valence-corrected chi connectivity index (χ0v) is 11.5. The van der Waals surface area contributed by atoms with Gasteiger partial charge in [0.15, 0.2) is 5.75 Å². The summed E-state index contributed by atoms with van der Waals surface area (Å²) >= 11 is 8.97. The van der Waals surface area contributed by atoms with Gasteiger partial charge >= 0.3 is 0 Å². The van der Waals surface area contributed by atoms with E-state index in [2.05, 4.69) is 27.8 Å². The summed E-state index contributed by atoms with van der Waals surface area (Å²) in [6.07, 6.45) is 0.661. The van der Waals surface area contributed by atoms with E-state index in [1.54, 1.807) is 14.2 Å². The van der Waals surface area contributed by atoms with Gasteiger partial charge in [0.25, 0.3) is 0 Å². The smallest absolute Gasteiger partial charge is 0.152 e. The first-order valence-electron chi connectivity index (χ1n) is 4.70. The highest BCUT2D eigenvalue weighted by Gasteiger charge is 2.10. The Hall–Kier alpha value is -0.850. The van der Waals surface area contributed by atoms with Crippen LogP contribution in [-0.2, 0) is 0 Å². The third-order valence-corrected chi connectivity index (χ3v) is 2.87. The van der Waals surface area contributed by atoms with Crippen LogP contribution in [0.3, 0.4) is 0 Å². The van der Waals surface area contributed by atoms with Gasteiger partial charge in [-0.1, -0.05) is 11.8 Å². The predicted octanol–water partition coefficient (Wildman–Crippen LogP) is 3.45.